The lowest BCUT2D eigenvalue weighted by Gasteiger charge is -2.50. The van der Waals surface area contributed by atoms with E-state index in [9.17, 15) is 4.79 Å². The molecule has 0 aromatic carbocycles. The molecular formula is C15H25NO3. The Hall–Kier alpha value is -0.610. The van der Waals surface area contributed by atoms with Gasteiger partial charge in [-0.1, -0.05) is 19.8 Å². The molecular weight excluding hydrogens is 242 g/mol. The van der Waals surface area contributed by atoms with Gasteiger partial charge in [-0.25, -0.2) is 0 Å². The van der Waals surface area contributed by atoms with E-state index in [4.69, 9.17) is 9.84 Å². The average molecular weight is 267 g/mol. The van der Waals surface area contributed by atoms with Gasteiger partial charge in [0.15, 0.2) is 0 Å². The van der Waals surface area contributed by atoms with Crippen LogP contribution in [0.2, 0.25) is 0 Å². The molecule has 3 rings (SSSR count). The SMILES string of the molecule is CC(C(=O)O)C1CN(C2CCOC3(CCCC3)C2)C1. The molecule has 0 radical (unpaired) electrons. The van der Waals surface area contributed by atoms with Crippen LogP contribution in [0, 0.1) is 11.8 Å². The van der Waals surface area contributed by atoms with Crippen molar-refractivity contribution in [3.05, 3.63) is 0 Å². The fraction of sp³-hybridized carbons (Fsp3) is 0.933. The Morgan fingerprint density at radius 2 is 2.05 bits per heavy atom. The van der Waals surface area contributed by atoms with E-state index >= 15 is 0 Å². The summed E-state index contributed by atoms with van der Waals surface area (Å²) in [6.45, 7) is 4.66. The molecule has 2 aliphatic heterocycles. The molecule has 4 nitrogen and oxygen atoms in total. The van der Waals surface area contributed by atoms with Crippen molar-refractivity contribution >= 4 is 5.97 Å². The number of likely N-dealkylation sites (tertiary alicyclic amines) is 1. The molecule has 0 amide bonds. The molecule has 1 N–H and O–H groups in total. The number of carboxylic acids is 1. The second-order valence-electron chi connectivity index (χ2n) is 6.73. The molecule has 2 heterocycles. The summed E-state index contributed by atoms with van der Waals surface area (Å²) < 4.78 is 6.07. The van der Waals surface area contributed by atoms with Crippen LogP contribution in [0.4, 0.5) is 0 Å². The fourth-order valence-corrected chi connectivity index (χ4v) is 4.05. The van der Waals surface area contributed by atoms with Gasteiger partial charge < -0.3 is 9.84 Å². The Morgan fingerprint density at radius 1 is 1.37 bits per heavy atom. The van der Waals surface area contributed by atoms with Gasteiger partial charge in [-0.2, -0.15) is 0 Å². The Labute approximate surface area is 115 Å². The lowest BCUT2D eigenvalue weighted by Crippen LogP contribution is -2.58. The maximum Gasteiger partial charge on any atom is 0.306 e. The molecule has 1 saturated carbocycles. The Kier molecular flexibility index (Phi) is 3.56. The van der Waals surface area contributed by atoms with Gasteiger partial charge in [-0.15, -0.1) is 0 Å². The predicted molar refractivity (Wildman–Crippen MR) is 72.0 cm³/mol. The highest BCUT2D eigenvalue weighted by Crippen LogP contribution is 2.42. The lowest BCUT2D eigenvalue weighted by atomic mass is 9.82. The van der Waals surface area contributed by atoms with E-state index in [1.807, 2.05) is 6.92 Å². The van der Waals surface area contributed by atoms with Crippen LogP contribution in [0.1, 0.15) is 45.4 Å². The van der Waals surface area contributed by atoms with Gasteiger partial charge in [0.1, 0.15) is 0 Å². The summed E-state index contributed by atoms with van der Waals surface area (Å²) in [7, 11) is 0. The van der Waals surface area contributed by atoms with Crippen molar-refractivity contribution in [2.75, 3.05) is 19.7 Å². The zero-order valence-corrected chi connectivity index (χ0v) is 11.8. The van der Waals surface area contributed by atoms with Gasteiger partial charge in [-0.3, -0.25) is 9.69 Å². The van der Waals surface area contributed by atoms with E-state index in [1.165, 1.54) is 32.1 Å². The number of rotatable bonds is 3. The highest BCUT2D eigenvalue weighted by atomic mass is 16.5. The van der Waals surface area contributed by atoms with Crippen molar-refractivity contribution in [2.24, 2.45) is 11.8 Å². The third-order valence-corrected chi connectivity index (χ3v) is 5.53. The molecule has 4 heteroatoms. The van der Waals surface area contributed by atoms with E-state index < -0.39 is 5.97 Å². The normalized spacial score (nSPS) is 33.2. The molecule has 1 aliphatic carbocycles. The highest BCUT2D eigenvalue weighted by Gasteiger charge is 2.45. The summed E-state index contributed by atoms with van der Waals surface area (Å²) in [5.41, 5.74) is 0.173. The summed E-state index contributed by atoms with van der Waals surface area (Å²) in [5.74, 6) is -0.500. The summed E-state index contributed by atoms with van der Waals surface area (Å²) >= 11 is 0. The first-order valence-corrected chi connectivity index (χ1v) is 7.70. The van der Waals surface area contributed by atoms with Gasteiger partial charge in [0, 0.05) is 25.7 Å². The monoisotopic (exact) mass is 267 g/mol. The minimum Gasteiger partial charge on any atom is -0.481 e. The molecule has 108 valence electrons. The molecule has 2 unspecified atom stereocenters. The van der Waals surface area contributed by atoms with Crippen LogP contribution in [0.3, 0.4) is 0 Å². The smallest absolute Gasteiger partial charge is 0.306 e. The summed E-state index contributed by atoms with van der Waals surface area (Å²) in [4.78, 5) is 13.5. The number of hydrogen-bond donors (Lipinski definition) is 1. The van der Waals surface area contributed by atoms with E-state index in [0.717, 1.165) is 26.1 Å². The number of ether oxygens (including phenoxy) is 1. The van der Waals surface area contributed by atoms with E-state index in [2.05, 4.69) is 4.90 Å². The van der Waals surface area contributed by atoms with Crippen molar-refractivity contribution in [1.82, 2.24) is 4.90 Å². The van der Waals surface area contributed by atoms with Gasteiger partial charge in [-0.05, 0) is 31.6 Å². The average Bonchev–Trinajstić information content (AvgIpc) is 2.75. The molecule has 3 aliphatic rings. The third-order valence-electron chi connectivity index (χ3n) is 5.53. The quantitative estimate of drug-likeness (QED) is 0.851. The minimum absolute atomic E-state index is 0.173. The number of carboxylic acid groups (broad SMARTS) is 1. The van der Waals surface area contributed by atoms with Crippen LogP contribution in [-0.2, 0) is 9.53 Å². The zero-order valence-electron chi connectivity index (χ0n) is 11.8. The van der Waals surface area contributed by atoms with Gasteiger partial charge >= 0.3 is 5.97 Å². The molecule has 19 heavy (non-hydrogen) atoms. The Bertz CT molecular complexity index is 345. The first-order chi connectivity index (χ1) is 9.10. The van der Waals surface area contributed by atoms with Crippen molar-refractivity contribution in [2.45, 2.75) is 57.1 Å². The topological polar surface area (TPSA) is 49.8 Å². The molecule has 0 aromatic heterocycles. The summed E-state index contributed by atoms with van der Waals surface area (Å²) in [6.07, 6.45) is 7.37. The molecule has 0 aromatic rings. The molecule has 0 bridgehead atoms. The molecule has 2 atom stereocenters. The van der Waals surface area contributed by atoms with Crippen LogP contribution in [-0.4, -0.2) is 47.3 Å². The Balaban J connectivity index is 1.53. The van der Waals surface area contributed by atoms with Crippen LogP contribution >= 0.6 is 0 Å². The maximum absolute atomic E-state index is 11.0. The highest BCUT2D eigenvalue weighted by molar-refractivity contribution is 5.70. The van der Waals surface area contributed by atoms with E-state index in [-0.39, 0.29) is 11.5 Å². The second-order valence-corrected chi connectivity index (χ2v) is 6.73. The van der Waals surface area contributed by atoms with Crippen LogP contribution in [0.25, 0.3) is 0 Å². The number of hydrogen-bond acceptors (Lipinski definition) is 3. The van der Waals surface area contributed by atoms with Gasteiger partial charge in [0.25, 0.3) is 0 Å². The first-order valence-electron chi connectivity index (χ1n) is 7.70. The zero-order chi connectivity index (χ0) is 13.5. The number of aliphatic carboxylic acids is 1. The number of nitrogens with zero attached hydrogens (tertiary/aromatic N) is 1. The van der Waals surface area contributed by atoms with Crippen LogP contribution in [0.15, 0.2) is 0 Å². The number of carbonyl (C=O) groups is 1. The Morgan fingerprint density at radius 3 is 2.68 bits per heavy atom. The van der Waals surface area contributed by atoms with Gasteiger partial charge in [0.2, 0.25) is 0 Å². The van der Waals surface area contributed by atoms with Crippen molar-refractivity contribution < 1.29 is 14.6 Å². The van der Waals surface area contributed by atoms with Crippen molar-refractivity contribution in [1.29, 1.82) is 0 Å². The molecule has 3 fully saturated rings. The second kappa shape index (κ2) is 5.06. The van der Waals surface area contributed by atoms with Crippen LogP contribution < -0.4 is 0 Å². The van der Waals surface area contributed by atoms with E-state index in [0.29, 0.717) is 12.0 Å². The van der Waals surface area contributed by atoms with E-state index in [1.54, 1.807) is 0 Å². The van der Waals surface area contributed by atoms with Crippen molar-refractivity contribution in [3.8, 4) is 0 Å². The predicted octanol–water partition coefficient (Wildman–Crippen LogP) is 2.13. The van der Waals surface area contributed by atoms with Gasteiger partial charge in [0.05, 0.1) is 11.5 Å². The third kappa shape index (κ3) is 2.52. The standard InChI is InChI=1S/C15H25NO3/c1-11(14(17)18)12-9-16(10-12)13-4-7-19-15(8-13)5-2-3-6-15/h11-13H,2-10H2,1H3,(H,17,18). The molecule has 2 saturated heterocycles. The first kappa shape index (κ1) is 13.4. The van der Waals surface area contributed by atoms with Crippen molar-refractivity contribution in [3.63, 3.8) is 0 Å². The maximum atomic E-state index is 11.0. The summed E-state index contributed by atoms with van der Waals surface area (Å²) in [5, 5.41) is 9.04. The summed E-state index contributed by atoms with van der Waals surface area (Å²) in [6, 6.07) is 0.629. The fourth-order valence-electron chi connectivity index (χ4n) is 4.05. The lowest BCUT2D eigenvalue weighted by molar-refractivity contribution is -0.149. The largest absolute Gasteiger partial charge is 0.481 e. The molecule has 1 spiro atoms. The minimum atomic E-state index is -0.649. The van der Waals surface area contributed by atoms with Crippen LogP contribution in [0.5, 0.6) is 0 Å².